The van der Waals surface area contributed by atoms with Crippen molar-refractivity contribution in [1.29, 1.82) is 0 Å². The van der Waals surface area contributed by atoms with Crippen LogP contribution in [0.2, 0.25) is 0 Å². The fraction of sp³-hybridized carbons (Fsp3) is 0.0625. The molecule has 0 aliphatic rings. The van der Waals surface area contributed by atoms with Crippen molar-refractivity contribution in [3.05, 3.63) is 58.4 Å². The van der Waals surface area contributed by atoms with Crippen LogP contribution in [0.15, 0.2) is 18.2 Å². The zero-order valence-corrected chi connectivity index (χ0v) is 12.7. The number of ether oxygens (including phenoxy) is 2. The number of hydrogen-bond donors (Lipinski definition) is 0. The second-order valence-corrected chi connectivity index (χ2v) is 4.69. The van der Waals surface area contributed by atoms with Crippen LogP contribution in [0, 0.1) is 29.1 Å². The van der Waals surface area contributed by atoms with Crippen LogP contribution >= 0.6 is 0 Å². The predicted molar refractivity (Wildman–Crippen MR) is 74.6 cm³/mol. The highest BCUT2D eigenvalue weighted by Gasteiger charge is 2.29. The highest BCUT2D eigenvalue weighted by Crippen LogP contribution is 2.31. The van der Waals surface area contributed by atoms with E-state index < -0.39 is 52.2 Å². The molecule has 0 fully saturated rings. The summed E-state index contributed by atoms with van der Waals surface area (Å²) in [5.74, 6) is -16.4. The summed E-state index contributed by atoms with van der Waals surface area (Å²) >= 11 is 0. The molecule has 0 unspecified atom stereocenters. The molecule has 10 heteroatoms. The Bertz CT molecular complexity index is 897. The Morgan fingerprint density at radius 2 is 1.46 bits per heavy atom. The van der Waals surface area contributed by atoms with Gasteiger partial charge in [0.2, 0.25) is 40.6 Å². The van der Waals surface area contributed by atoms with Gasteiger partial charge in [0.15, 0.2) is 6.29 Å². The quantitative estimate of drug-likeness (QED) is 0.118. The predicted octanol–water partition coefficient (Wildman–Crippen LogP) is 2.99. The van der Waals surface area contributed by atoms with Gasteiger partial charge in [-0.25, -0.2) is 18.0 Å². The van der Waals surface area contributed by atoms with Gasteiger partial charge in [-0.1, -0.05) is 0 Å². The highest BCUT2D eigenvalue weighted by atomic mass is 19.2. The Morgan fingerprint density at radius 1 is 0.923 bits per heavy atom. The number of esters is 1. The largest absolute Gasteiger partial charge is 0.496 e. The van der Waals surface area contributed by atoms with Gasteiger partial charge in [-0.2, -0.15) is 8.78 Å². The first kappa shape index (κ1) is 19.0. The van der Waals surface area contributed by atoms with Crippen molar-refractivity contribution < 1.29 is 45.8 Å². The Hall–Kier alpha value is -3.30. The second-order valence-electron chi connectivity index (χ2n) is 4.69. The molecule has 0 aliphatic carbocycles. The monoisotopic (exact) mass is 374 g/mol. The summed E-state index contributed by atoms with van der Waals surface area (Å²) in [7, 11) is 1.10. The first-order valence-corrected chi connectivity index (χ1v) is 6.64. The Balaban J connectivity index is 2.52. The number of methoxy groups -OCH3 is 1. The fourth-order valence-corrected chi connectivity index (χ4v) is 1.91. The molecule has 26 heavy (non-hydrogen) atoms. The lowest BCUT2D eigenvalue weighted by Crippen LogP contribution is -2.15. The third-order valence-electron chi connectivity index (χ3n) is 3.18. The average molecular weight is 374 g/mol. The number of ketones is 1. The van der Waals surface area contributed by atoms with Crippen LogP contribution in [0.3, 0.4) is 0 Å². The summed E-state index contributed by atoms with van der Waals surface area (Å²) in [6.07, 6.45) is -0.0546. The number of carbonyl (C=O) groups excluding carboxylic acids is 3. The minimum Gasteiger partial charge on any atom is -0.496 e. The summed E-state index contributed by atoms with van der Waals surface area (Å²) in [5.41, 5.74) is -0.866. The van der Waals surface area contributed by atoms with Crippen molar-refractivity contribution in [3.8, 4) is 11.5 Å². The van der Waals surface area contributed by atoms with E-state index in [1.807, 2.05) is 0 Å². The zero-order chi connectivity index (χ0) is 19.6. The second kappa shape index (κ2) is 7.30. The van der Waals surface area contributed by atoms with E-state index >= 15 is 0 Å². The lowest BCUT2D eigenvalue weighted by molar-refractivity contribution is -0.104. The van der Waals surface area contributed by atoms with Gasteiger partial charge in [0.1, 0.15) is 11.3 Å². The topological polar surface area (TPSA) is 69.7 Å². The van der Waals surface area contributed by atoms with Crippen LogP contribution in [0.5, 0.6) is 11.5 Å². The Kier molecular flexibility index (Phi) is 5.34. The lowest BCUT2D eigenvalue weighted by Gasteiger charge is -2.11. The number of benzene rings is 2. The SMILES string of the molecule is COc1ccc(C(=O)C=O)cc1C(=O)Oc1c(F)c(F)c(F)c(F)c1F. The van der Waals surface area contributed by atoms with Crippen LogP contribution in [0.25, 0.3) is 0 Å². The minimum atomic E-state index is -2.42. The summed E-state index contributed by atoms with van der Waals surface area (Å²) in [6.45, 7) is 0. The van der Waals surface area contributed by atoms with E-state index in [-0.39, 0.29) is 17.6 Å². The number of halogens is 5. The van der Waals surface area contributed by atoms with Gasteiger partial charge in [-0.05, 0) is 18.2 Å². The van der Waals surface area contributed by atoms with E-state index in [1.54, 1.807) is 0 Å². The molecule has 0 aromatic heterocycles. The van der Waals surface area contributed by atoms with Crippen LogP contribution in [-0.2, 0) is 4.79 Å². The molecule has 2 rings (SSSR count). The lowest BCUT2D eigenvalue weighted by atomic mass is 10.1. The van der Waals surface area contributed by atoms with Crippen LogP contribution < -0.4 is 9.47 Å². The number of Topliss-reactive ketones (excluding diaryl/α,β-unsaturated/α-hetero) is 1. The molecule has 2 aromatic rings. The summed E-state index contributed by atoms with van der Waals surface area (Å²) in [5, 5.41) is 0. The van der Waals surface area contributed by atoms with Gasteiger partial charge in [0, 0.05) is 5.56 Å². The third kappa shape index (κ3) is 3.25. The minimum absolute atomic E-state index is 0.0546. The average Bonchev–Trinajstić information content (AvgIpc) is 2.66. The third-order valence-corrected chi connectivity index (χ3v) is 3.18. The maximum Gasteiger partial charge on any atom is 0.347 e. The van der Waals surface area contributed by atoms with Gasteiger partial charge in [0.25, 0.3) is 0 Å². The van der Waals surface area contributed by atoms with E-state index in [1.165, 1.54) is 0 Å². The summed E-state index contributed by atoms with van der Waals surface area (Å²) < 4.78 is 75.6. The Labute approximate surface area is 141 Å². The van der Waals surface area contributed by atoms with E-state index in [4.69, 9.17) is 4.74 Å². The van der Waals surface area contributed by atoms with Crippen molar-refractivity contribution in [2.24, 2.45) is 0 Å². The van der Waals surface area contributed by atoms with E-state index in [2.05, 4.69) is 4.74 Å². The molecule has 5 nitrogen and oxygen atoms in total. The molecule has 0 amide bonds. The molecular weight excluding hydrogens is 367 g/mol. The molecule has 136 valence electrons. The maximum absolute atomic E-state index is 13.6. The number of carbonyl (C=O) groups is 3. The zero-order valence-electron chi connectivity index (χ0n) is 12.7. The molecule has 0 heterocycles. The van der Waals surface area contributed by atoms with Crippen LogP contribution in [0.1, 0.15) is 20.7 Å². The van der Waals surface area contributed by atoms with Crippen LogP contribution in [0.4, 0.5) is 22.0 Å². The van der Waals surface area contributed by atoms with Gasteiger partial charge < -0.3 is 9.47 Å². The number of rotatable bonds is 5. The van der Waals surface area contributed by atoms with Crippen molar-refractivity contribution in [3.63, 3.8) is 0 Å². The van der Waals surface area contributed by atoms with Gasteiger partial charge >= 0.3 is 5.97 Å². The molecule has 2 aromatic carbocycles. The van der Waals surface area contributed by atoms with Crippen molar-refractivity contribution in [2.45, 2.75) is 0 Å². The van der Waals surface area contributed by atoms with Crippen LogP contribution in [-0.4, -0.2) is 25.1 Å². The molecule has 0 bridgehead atoms. The van der Waals surface area contributed by atoms with E-state index in [0.29, 0.717) is 0 Å². The van der Waals surface area contributed by atoms with Crippen molar-refractivity contribution in [2.75, 3.05) is 7.11 Å². The van der Waals surface area contributed by atoms with E-state index in [9.17, 15) is 36.3 Å². The van der Waals surface area contributed by atoms with Gasteiger partial charge in [0.05, 0.1) is 7.11 Å². The summed E-state index contributed by atoms with van der Waals surface area (Å²) in [4.78, 5) is 34.0. The standard InChI is InChI=1S/C16H7F5O5/c1-25-9-3-2-6(8(23)5-22)4-7(9)16(24)26-15-13(20)11(18)10(17)12(19)14(15)21/h2-5H,1H3. The van der Waals surface area contributed by atoms with Gasteiger partial charge in [-0.15, -0.1) is 0 Å². The molecule has 0 radical (unpaired) electrons. The first-order valence-electron chi connectivity index (χ1n) is 6.64. The highest BCUT2D eigenvalue weighted by molar-refractivity contribution is 6.33. The fourth-order valence-electron chi connectivity index (χ4n) is 1.91. The number of aldehydes is 1. The molecule has 0 aliphatic heterocycles. The first-order chi connectivity index (χ1) is 12.2. The van der Waals surface area contributed by atoms with Gasteiger partial charge in [-0.3, -0.25) is 9.59 Å². The molecule has 0 spiro atoms. The molecule has 0 atom stereocenters. The van der Waals surface area contributed by atoms with E-state index in [0.717, 1.165) is 25.3 Å². The molecule has 0 saturated carbocycles. The Morgan fingerprint density at radius 3 is 1.96 bits per heavy atom. The molecule has 0 N–H and O–H groups in total. The molecular formula is C16H7F5O5. The molecule has 0 saturated heterocycles. The van der Waals surface area contributed by atoms with Crippen molar-refractivity contribution in [1.82, 2.24) is 0 Å². The number of hydrogen-bond acceptors (Lipinski definition) is 5. The van der Waals surface area contributed by atoms with Crippen molar-refractivity contribution >= 4 is 18.0 Å². The normalized spacial score (nSPS) is 10.4. The maximum atomic E-state index is 13.6. The smallest absolute Gasteiger partial charge is 0.347 e. The summed E-state index contributed by atoms with van der Waals surface area (Å²) in [6, 6.07) is 3.00.